The minimum Gasteiger partial charge on any atom is -0.212 e. The maximum Gasteiger partial charge on any atom is 0.213 e. The van der Waals surface area contributed by atoms with Gasteiger partial charge in [-0.2, -0.15) is 0 Å². The van der Waals surface area contributed by atoms with Gasteiger partial charge >= 0.3 is 0 Å². The zero-order chi connectivity index (χ0) is 8.91. The molecule has 0 bridgehead atoms. The normalized spacial score (nSPS) is 12.4. The fraction of sp³-hybridized carbons (Fsp3) is 1.00. The fourth-order valence-corrected chi connectivity index (χ4v) is 2.22. The predicted molar refractivity (Wildman–Crippen MR) is 47.4 cm³/mol. The second kappa shape index (κ2) is 4.95. The van der Waals surface area contributed by atoms with Crippen molar-refractivity contribution in [2.24, 2.45) is 0 Å². The molecule has 3 nitrogen and oxygen atoms in total. The van der Waals surface area contributed by atoms with Crippen LogP contribution in [0.2, 0.25) is 0 Å². The molecule has 0 saturated heterocycles. The maximum absolute atomic E-state index is 11.2. The highest BCUT2D eigenvalue weighted by Crippen LogP contribution is 1.99. The monoisotopic (exact) mass is 199 g/mol. The Labute approximate surface area is 73.4 Å². The number of rotatable bonds is 5. The van der Waals surface area contributed by atoms with Crippen LogP contribution in [0.25, 0.3) is 0 Å². The summed E-state index contributed by atoms with van der Waals surface area (Å²) in [6, 6.07) is 0. The van der Waals surface area contributed by atoms with E-state index in [0.717, 1.165) is 0 Å². The van der Waals surface area contributed by atoms with E-state index >= 15 is 0 Å². The highest BCUT2D eigenvalue weighted by atomic mass is 35.5. The van der Waals surface area contributed by atoms with Crippen molar-refractivity contribution in [3.05, 3.63) is 0 Å². The Balaban J connectivity index is 4.07. The Morgan fingerprint density at radius 3 is 2.36 bits per heavy atom. The molecule has 0 aromatic carbocycles. The largest absolute Gasteiger partial charge is 0.213 e. The summed E-state index contributed by atoms with van der Waals surface area (Å²) in [7, 11) is -1.47. The van der Waals surface area contributed by atoms with Crippen molar-refractivity contribution >= 4 is 21.6 Å². The average Bonchev–Trinajstić information content (AvgIpc) is 1.88. The van der Waals surface area contributed by atoms with E-state index in [9.17, 15) is 8.42 Å². The molecule has 68 valence electrons. The van der Waals surface area contributed by atoms with Crippen LogP contribution in [-0.2, 0) is 10.0 Å². The lowest BCUT2D eigenvalue weighted by Crippen LogP contribution is -2.30. The number of hydrogen-bond acceptors (Lipinski definition) is 2. The molecule has 0 aromatic heterocycles. The van der Waals surface area contributed by atoms with Gasteiger partial charge in [0.2, 0.25) is 10.0 Å². The van der Waals surface area contributed by atoms with Gasteiger partial charge in [-0.05, 0) is 6.42 Å². The Hall–Kier alpha value is 0.200. The van der Waals surface area contributed by atoms with Crippen molar-refractivity contribution in [1.82, 2.24) is 4.31 Å². The molecule has 0 saturated carbocycles. The topological polar surface area (TPSA) is 37.4 Å². The van der Waals surface area contributed by atoms with Crippen LogP contribution in [0.15, 0.2) is 0 Å². The summed E-state index contributed by atoms with van der Waals surface area (Å²) >= 11 is 5.40. The van der Waals surface area contributed by atoms with Crippen molar-refractivity contribution in [3.63, 3.8) is 0 Å². The molecular weight excluding hydrogens is 186 g/mol. The van der Waals surface area contributed by atoms with Crippen molar-refractivity contribution in [3.8, 4) is 0 Å². The Morgan fingerprint density at radius 1 is 1.45 bits per heavy atom. The quantitative estimate of drug-likeness (QED) is 0.617. The van der Waals surface area contributed by atoms with Crippen molar-refractivity contribution < 1.29 is 8.42 Å². The Morgan fingerprint density at radius 2 is 2.00 bits per heavy atom. The van der Waals surface area contributed by atoms with Gasteiger partial charge in [0, 0.05) is 19.5 Å². The molecule has 0 amide bonds. The minimum absolute atomic E-state index is 0.209. The number of sulfonamides is 1. The molecule has 0 aliphatic rings. The zero-order valence-electron chi connectivity index (χ0n) is 6.88. The lowest BCUT2D eigenvalue weighted by Gasteiger charge is -2.14. The van der Waals surface area contributed by atoms with Crippen LogP contribution in [0.4, 0.5) is 0 Å². The van der Waals surface area contributed by atoms with Crippen molar-refractivity contribution in [2.45, 2.75) is 13.3 Å². The average molecular weight is 200 g/mol. The van der Waals surface area contributed by atoms with Crippen molar-refractivity contribution in [1.29, 1.82) is 0 Å². The summed E-state index contributed by atoms with van der Waals surface area (Å²) < 4.78 is 23.7. The first-order chi connectivity index (χ1) is 5.04. The minimum atomic E-state index is -3.02. The first-order valence-electron chi connectivity index (χ1n) is 3.54. The smallest absolute Gasteiger partial charge is 0.212 e. The second-order valence-corrected chi connectivity index (χ2v) is 4.90. The van der Waals surface area contributed by atoms with Gasteiger partial charge in [0.15, 0.2) is 0 Å². The summed E-state index contributed by atoms with van der Waals surface area (Å²) in [6.45, 7) is 2.23. The van der Waals surface area contributed by atoms with Gasteiger partial charge < -0.3 is 0 Å². The third kappa shape index (κ3) is 3.94. The van der Waals surface area contributed by atoms with Gasteiger partial charge in [0.05, 0.1) is 5.75 Å². The molecule has 0 N–H and O–H groups in total. The molecule has 0 aliphatic heterocycles. The molecule has 11 heavy (non-hydrogen) atoms. The molecule has 5 heteroatoms. The molecule has 0 spiro atoms. The maximum atomic E-state index is 11.2. The summed E-state index contributed by atoms with van der Waals surface area (Å²) in [4.78, 5) is 0. The van der Waals surface area contributed by atoms with Gasteiger partial charge in [-0.25, -0.2) is 12.7 Å². The summed E-state index contributed by atoms with van der Waals surface area (Å²) in [5, 5.41) is 0. The van der Waals surface area contributed by atoms with E-state index in [1.165, 1.54) is 4.31 Å². The molecule has 0 radical (unpaired) electrons. The van der Waals surface area contributed by atoms with Crippen LogP contribution in [-0.4, -0.2) is 37.9 Å². The fourth-order valence-electron chi connectivity index (χ4n) is 0.672. The zero-order valence-corrected chi connectivity index (χ0v) is 8.45. The molecule has 0 aliphatic carbocycles. The number of alkyl halides is 1. The first-order valence-corrected chi connectivity index (χ1v) is 5.69. The summed E-state index contributed by atoms with van der Waals surface area (Å²) in [5.74, 6) is 0.555. The van der Waals surface area contributed by atoms with Crippen molar-refractivity contribution in [2.75, 3.05) is 25.2 Å². The van der Waals surface area contributed by atoms with Crippen LogP contribution in [0.3, 0.4) is 0 Å². The van der Waals surface area contributed by atoms with Gasteiger partial charge in [-0.1, -0.05) is 6.92 Å². The van der Waals surface area contributed by atoms with Gasteiger partial charge in [-0.3, -0.25) is 0 Å². The first kappa shape index (κ1) is 11.2. The standard InChI is InChI=1S/C6H14ClNO2S/c1-3-6-11(9,10)8(2)5-4-7/h3-6H2,1-2H3. The van der Waals surface area contributed by atoms with E-state index in [0.29, 0.717) is 18.8 Å². The van der Waals surface area contributed by atoms with Crippen LogP contribution in [0.1, 0.15) is 13.3 Å². The Bertz CT molecular complexity index is 191. The van der Waals surface area contributed by atoms with Crippen LogP contribution in [0, 0.1) is 0 Å². The highest BCUT2D eigenvalue weighted by molar-refractivity contribution is 7.89. The van der Waals surface area contributed by atoms with Gasteiger partial charge in [0.1, 0.15) is 0 Å². The Kier molecular flexibility index (Phi) is 5.04. The third-order valence-electron chi connectivity index (χ3n) is 1.34. The summed E-state index contributed by atoms with van der Waals surface area (Å²) in [6.07, 6.45) is 0.648. The highest BCUT2D eigenvalue weighted by Gasteiger charge is 2.14. The van der Waals surface area contributed by atoms with E-state index in [1.54, 1.807) is 7.05 Å². The van der Waals surface area contributed by atoms with Crippen LogP contribution in [0.5, 0.6) is 0 Å². The second-order valence-electron chi connectivity index (χ2n) is 2.33. The van der Waals surface area contributed by atoms with E-state index in [2.05, 4.69) is 0 Å². The molecule has 0 unspecified atom stereocenters. The van der Waals surface area contributed by atoms with E-state index in [4.69, 9.17) is 11.6 Å². The molecule has 0 fully saturated rings. The van der Waals surface area contributed by atoms with Gasteiger partial charge in [-0.15, -0.1) is 11.6 Å². The molecule has 0 aromatic rings. The molecule has 0 rings (SSSR count). The summed E-state index contributed by atoms with van der Waals surface area (Å²) in [5.41, 5.74) is 0. The number of hydrogen-bond donors (Lipinski definition) is 0. The van der Waals surface area contributed by atoms with E-state index in [1.807, 2.05) is 6.92 Å². The lowest BCUT2D eigenvalue weighted by atomic mass is 10.6. The number of halogens is 1. The van der Waals surface area contributed by atoms with Crippen LogP contribution >= 0.6 is 11.6 Å². The molecular formula is C6H14ClNO2S. The van der Waals surface area contributed by atoms with Crippen LogP contribution < -0.4 is 0 Å². The molecule has 0 atom stereocenters. The SMILES string of the molecule is CCCS(=O)(=O)N(C)CCCl. The van der Waals surface area contributed by atoms with E-state index in [-0.39, 0.29) is 5.75 Å². The number of nitrogens with zero attached hydrogens (tertiary/aromatic N) is 1. The lowest BCUT2D eigenvalue weighted by molar-refractivity contribution is 0.487. The van der Waals surface area contributed by atoms with Gasteiger partial charge in [0.25, 0.3) is 0 Å². The van der Waals surface area contributed by atoms with E-state index < -0.39 is 10.0 Å². The third-order valence-corrected chi connectivity index (χ3v) is 3.56. The molecule has 0 heterocycles. The predicted octanol–water partition coefficient (Wildman–Crippen LogP) is 0.897.